The number of likely N-dealkylation sites (N-methyl/N-ethyl adjacent to an activating group) is 1. The van der Waals surface area contributed by atoms with E-state index in [2.05, 4.69) is 33.2 Å². The van der Waals surface area contributed by atoms with E-state index >= 15 is 0 Å². The van der Waals surface area contributed by atoms with Gasteiger partial charge in [-0.1, -0.05) is 6.92 Å². The molecule has 0 aliphatic heterocycles. The van der Waals surface area contributed by atoms with Crippen molar-refractivity contribution in [2.45, 2.75) is 64.6 Å². The minimum atomic E-state index is -1.37. The molecule has 0 radical (unpaired) electrons. The average Bonchev–Trinajstić information content (AvgIpc) is 3.42. The Morgan fingerprint density at radius 1 is 1.20 bits per heavy atom. The quantitative estimate of drug-likeness (QED) is 0.192. The van der Waals surface area contributed by atoms with Gasteiger partial charge in [0.05, 0.1) is 0 Å². The second kappa shape index (κ2) is 11.9. The largest absolute Gasteiger partial charge is 0.441 e. The van der Waals surface area contributed by atoms with Gasteiger partial charge in [0.25, 0.3) is 23.3 Å². The molecule has 3 saturated carbocycles. The lowest BCUT2D eigenvalue weighted by Gasteiger charge is -2.67. The number of oxazole rings is 1. The monoisotopic (exact) mass is 568 g/mol. The number of Topliss-reactive ketones (excluding diaryl/α,β-unsaturated/α-hetero) is 2. The van der Waals surface area contributed by atoms with E-state index in [-0.39, 0.29) is 54.6 Å². The zero-order chi connectivity index (χ0) is 29.9. The number of nitrogens with one attached hydrogen (secondary N) is 4. The number of carbonyl (C=O) groups is 6. The fourth-order valence-corrected chi connectivity index (χ4v) is 5.08. The van der Waals surface area contributed by atoms with Crippen LogP contribution in [0.3, 0.4) is 0 Å². The molecule has 0 aromatic carbocycles. The molecule has 0 saturated heterocycles. The molecule has 4 amide bonds. The number of amides is 4. The van der Waals surface area contributed by atoms with Crippen LogP contribution >= 0.6 is 0 Å². The molecule has 3 aliphatic carbocycles. The number of pyridine rings is 1. The normalized spacial score (nSPS) is 21.0. The predicted octanol–water partition coefficient (Wildman–Crippen LogP) is 0.176. The Bertz CT molecular complexity index is 1450. The molecule has 2 heterocycles. The maximum absolute atomic E-state index is 13.2. The third-order valence-electron chi connectivity index (χ3n) is 7.72. The fourth-order valence-electron chi connectivity index (χ4n) is 5.08. The third-order valence-corrected chi connectivity index (χ3v) is 7.72. The van der Waals surface area contributed by atoms with Crippen molar-refractivity contribution in [2.75, 3.05) is 11.9 Å². The molecule has 2 bridgehead atoms. The summed E-state index contributed by atoms with van der Waals surface area (Å²) in [6.07, 6.45) is 3.56. The summed E-state index contributed by atoms with van der Waals surface area (Å²) in [6.45, 7) is 4.91. The highest BCUT2D eigenvalue weighted by molar-refractivity contribution is 6.36. The Labute approximate surface area is 234 Å². The van der Waals surface area contributed by atoms with E-state index < -0.39 is 40.9 Å². The fraction of sp³-hybridized carbons (Fsp3) is 0.481. The number of ketones is 2. The highest BCUT2D eigenvalue weighted by Crippen LogP contribution is 2.61. The molecule has 14 nitrogen and oxygen atoms in total. The first-order valence-electron chi connectivity index (χ1n) is 13.3. The van der Waals surface area contributed by atoms with Crippen LogP contribution in [-0.4, -0.2) is 62.9 Å². The zero-order valence-corrected chi connectivity index (χ0v) is 22.9. The second-order valence-corrected chi connectivity index (χ2v) is 10.4. The number of anilines is 1. The maximum Gasteiger partial charge on any atom is 0.287 e. The lowest BCUT2D eigenvalue weighted by molar-refractivity contribution is -0.151. The Kier molecular flexibility index (Phi) is 8.49. The molecular weight excluding hydrogens is 536 g/mol. The highest BCUT2D eigenvalue weighted by Gasteiger charge is 2.63. The zero-order valence-electron chi connectivity index (χ0n) is 22.9. The van der Waals surface area contributed by atoms with E-state index in [1.165, 1.54) is 25.3 Å². The summed E-state index contributed by atoms with van der Waals surface area (Å²) in [5.41, 5.74) is -1.27. The first kappa shape index (κ1) is 29.4. The number of nitrogens with zero attached hydrogens (tertiary/aromatic N) is 2. The van der Waals surface area contributed by atoms with E-state index in [0.29, 0.717) is 11.8 Å². The molecule has 218 valence electrons. The highest BCUT2D eigenvalue weighted by atomic mass is 16.3. The van der Waals surface area contributed by atoms with Crippen LogP contribution in [0.25, 0.3) is 0 Å². The van der Waals surface area contributed by atoms with Crippen molar-refractivity contribution < 1.29 is 33.2 Å². The van der Waals surface area contributed by atoms with Crippen LogP contribution < -0.4 is 26.8 Å². The topological polar surface area (TPSA) is 199 Å². The number of rotatable bonds is 13. The molecule has 0 spiro atoms. The van der Waals surface area contributed by atoms with E-state index in [1.54, 1.807) is 6.92 Å². The van der Waals surface area contributed by atoms with Crippen LogP contribution in [0.4, 0.5) is 5.69 Å². The van der Waals surface area contributed by atoms with Crippen molar-refractivity contribution in [3.05, 3.63) is 46.5 Å². The minimum absolute atomic E-state index is 0.154. The predicted molar refractivity (Wildman–Crippen MR) is 143 cm³/mol. The van der Waals surface area contributed by atoms with Crippen LogP contribution in [0.1, 0.15) is 67.6 Å². The molecule has 2 aromatic heterocycles. The van der Waals surface area contributed by atoms with Gasteiger partial charge >= 0.3 is 0 Å². The smallest absolute Gasteiger partial charge is 0.287 e. The summed E-state index contributed by atoms with van der Waals surface area (Å²) >= 11 is 0. The lowest BCUT2D eigenvalue weighted by atomic mass is 9.43. The van der Waals surface area contributed by atoms with Crippen LogP contribution in [0.5, 0.6) is 0 Å². The van der Waals surface area contributed by atoms with E-state index in [9.17, 15) is 33.6 Å². The third kappa shape index (κ3) is 6.26. The van der Waals surface area contributed by atoms with Crippen molar-refractivity contribution in [1.82, 2.24) is 25.5 Å². The van der Waals surface area contributed by atoms with Crippen LogP contribution in [-0.2, 0) is 25.7 Å². The molecule has 14 heteroatoms. The van der Waals surface area contributed by atoms with E-state index in [0.717, 1.165) is 23.7 Å². The van der Waals surface area contributed by atoms with E-state index in [1.807, 2.05) is 0 Å². The molecular formula is C27H32N6O8. The summed E-state index contributed by atoms with van der Waals surface area (Å²) in [4.78, 5) is 90.9. The van der Waals surface area contributed by atoms with Crippen molar-refractivity contribution in [1.29, 1.82) is 0 Å². The Balaban J connectivity index is 1.45. The van der Waals surface area contributed by atoms with Gasteiger partial charge < -0.3 is 30.3 Å². The summed E-state index contributed by atoms with van der Waals surface area (Å²) in [6, 6.07) is 1.45. The summed E-state index contributed by atoms with van der Waals surface area (Å²) in [5, 5.41) is 10.2. The van der Waals surface area contributed by atoms with Gasteiger partial charge in [-0.15, -0.1) is 0 Å². The number of hydrogen-bond donors (Lipinski definition) is 4. The lowest BCUT2D eigenvalue weighted by Crippen LogP contribution is -2.74. The minimum Gasteiger partial charge on any atom is -0.441 e. The van der Waals surface area contributed by atoms with Gasteiger partial charge in [0.15, 0.2) is 5.69 Å². The number of hydrogen-bond acceptors (Lipinski definition) is 9. The average molecular weight is 569 g/mol. The van der Waals surface area contributed by atoms with Gasteiger partial charge in [-0.2, -0.15) is 0 Å². The Hall–Kier alpha value is -4.62. The standard InChI is InChI=1S/C27H32N6O8/c1-4-28-24(39)20(35)8-7-17(29-23(38)19-13-41-25(31-19)15(3)34)22(37)30-18-6-5-9-33(26(18)40)12-21(36)32-27-10-16(11-27)14(27)2/h5-6,9,13-14,16-17H,4,7-8,10-12H2,1-3H3,(H,28,39)(H,29,38)(H,30,37)(H,32,36)/t14-,16?,17-,27?/m0/s1. The van der Waals surface area contributed by atoms with Crippen molar-refractivity contribution in [3.8, 4) is 0 Å². The first-order valence-corrected chi connectivity index (χ1v) is 13.3. The van der Waals surface area contributed by atoms with E-state index in [4.69, 9.17) is 4.42 Å². The number of aromatic nitrogens is 2. The molecule has 0 unspecified atom stereocenters. The Morgan fingerprint density at radius 3 is 2.51 bits per heavy atom. The van der Waals surface area contributed by atoms with Crippen molar-refractivity contribution >= 4 is 40.9 Å². The second-order valence-electron chi connectivity index (χ2n) is 10.4. The van der Waals surface area contributed by atoms with Gasteiger partial charge in [-0.3, -0.25) is 33.6 Å². The molecule has 4 N–H and O–H groups in total. The van der Waals surface area contributed by atoms with Gasteiger partial charge in [-0.25, -0.2) is 4.98 Å². The molecule has 2 atom stereocenters. The molecule has 5 rings (SSSR count). The van der Waals surface area contributed by atoms with Crippen LogP contribution in [0, 0.1) is 11.8 Å². The summed E-state index contributed by atoms with van der Waals surface area (Å²) in [5.74, 6) is -3.45. The molecule has 3 aliphatic rings. The Morgan fingerprint density at radius 2 is 1.93 bits per heavy atom. The van der Waals surface area contributed by atoms with Gasteiger partial charge in [0, 0.05) is 31.6 Å². The van der Waals surface area contributed by atoms with Crippen molar-refractivity contribution in [3.63, 3.8) is 0 Å². The SMILES string of the molecule is CCNC(=O)C(=O)CC[C@H](NC(=O)c1coc(C(C)=O)n1)C(=O)Nc1cccn(CC(=O)NC23CC(C2)[C@@H]3C)c1=O. The van der Waals surface area contributed by atoms with Gasteiger partial charge in [-0.05, 0) is 50.2 Å². The number of carbonyl (C=O) groups excluding carboxylic acids is 6. The first-order chi connectivity index (χ1) is 19.4. The molecule has 2 aromatic rings. The maximum atomic E-state index is 13.2. The molecule has 3 fully saturated rings. The van der Waals surface area contributed by atoms with Crippen molar-refractivity contribution in [2.24, 2.45) is 11.8 Å². The molecule has 41 heavy (non-hydrogen) atoms. The summed E-state index contributed by atoms with van der Waals surface area (Å²) in [7, 11) is 0. The summed E-state index contributed by atoms with van der Waals surface area (Å²) < 4.78 is 6.10. The van der Waals surface area contributed by atoms with Crippen LogP contribution in [0.15, 0.2) is 33.8 Å². The van der Waals surface area contributed by atoms with Crippen LogP contribution in [0.2, 0.25) is 0 Å². The van der Waals surface area contributed by atoms with Gasteiger partial charge in [0.2, 0.25) is 23.4 Å². The van der Waals surface area contributed by atoms with Gasteiger partial charge in [0.1, 0.15) is 24.5 Å².